The Kier molecular flexibility index (Phi) is 3.03. The molecule has 0 bridgehead atoms. The SMILES string of the molecule is [2H]C([2H])([2H])c1cnc(-c2ccc3oc4ccc5oc6ccccc6c5c4c3c2)cc1C([2H])([2H])C(C)(C)C. The van der Waals surface area contributed by atoms with Crippen LogP contribution in [0.25, 0.3) is 55.1 Å². The van der Waals surface area contributed by atoms with Gasteiger partial charge in [0.05, 0.1) is 5.69 Å². The lowest BCUT2D eigenvalue weighted by Gasteiger charge is -2.20. The maximum absolute atomic E-state index is 8.83. The molecular formula is C29H25NO2. The van der Waals surface area contributed by atoms with Gasteiger partial charge in [-0.1, -0.05) is 39.0 Å². The molecule has 3 aromatic carbocycles. The van der Waals surface area contributed by atoms with E-state index in [0.717, 1.165) is 43.9 Å². The van der Waals surface area contributed by atoms with Crippen molar-refractivity contribution in [3.8, 4) is 11.3 Å². The summed E-state index contributed by atoms with van der Waals surface area (Å²) >= 11 is 0. The highest BCUT2D eigenvalue weighted by Gasteiger charge is 2.18. The molecule has 0 saturated heterocycles. The van der Waals surface area contributed by atoms with Gasteiger partial charge in [0.15, 0.2) is 0 Å². The Balaban J connectivity index is 1.62. The molecule has 3 heteroatoms. The first-order valence-electron chi connectivity index (χ1n) is 13.1. The van der Waals surface area contributed by atoms with E-state index >= 15 is 0 Å². The van der Waals surface area contributed by atoms with Gasteiger partial charge < -0.3 is 8.83 Å². The summed E-state index contributed by atoms with van der Waals surface area (Å²) in [5.74, 6) is 0. The molecule has 0 aliphatic carbocycles. The molecule has 0 saturated carbocycles. The highest BCUT2D eigenvalue weighted by atomic mass is 16.3. The second-order valence-corrected chi connectivity index (χ2v) is 9.21. The molecule has 6 aromatic rings. The molecule has 0 amide bonds. The number of fused-ring (bicyclic) bond motifs is 7. The van der Waals surface area contributed by atoms with E-state index in [0.29, 0.717) is 11.3 Å². The molecule has 0 fully saturated rings. The molecule has 6 rings (SSSR count). The molecule has 0 aliphatic heterocycles. The van der Waals surface area contributed by atoms with Crippen molar-refractivity contribution in [2.75, 3.05) is 0 Å². The second-order valence-electron chi connectivity index (χ2n) is 9.21. The number of nitrogens with zero attached hydrogens (tertiary/aromatic N) is 1. The van der Waals surface area contributed by atoms with E-state index in [1.54, 1.807) is 26.8 Å². The number of hydrogen-bond acceptors (Lipinski definition) is 3. The predicted molar refractivity (Wildman–Crippen MR) is 132 cm³/mol. The number of hydrogen-bond donors (Lipinski definition) is 0. The third-order valence-electron chi connectivity index (χ3n) is 5.68. The van der Waals surface area contributed by atoms with Crippen LogP contribution in [0.1, 0.15) is 38.8 Å². The zero-order chi connectivity index (χ0) is 26.3. The fourth-order valence-corrected chi connectivity index (χ4v) is 4.36. The summed E-state index contributed by atoms with van der Waals surface area (Å²) in [6, 6.07) is 19.0. The number of pyridine rings is 1. The summed E-state index contributed by atoms with van der Waals surface area (Å²) in [5.41, 5.74) is 3.48. The minimum Gasteiger partial charge on any atom is -0.456 e. The van der Waals surface area contributed by atoms with Crippen LogP contribution in [0, 0.1) is 12.3 Å². The maximum Gasteiger partial charge on any atom is 0.136 e. The molecule has 3 nitrogen and oxygen atoms in total. The minimum atomic E-state index is -2.49. The number of aryl methyl sites for hydroxylation is 1. The fraction of sp³-hybridized carbons (Fsp3) is 0.207. The summed E-state index contributed by atoms with van der Waals surface area (Å²) in [5, 5.41) is 3.78. The van der Waals surface area contributed by atoms with E-state index in [4.69, 9.17) is 15.7 Å². The summed E-state index contributed by atoms with van der Waals surface area (Å²) in [7, 11) is 0. The van der Waals surface area contributed by atoms with E-state index in [1.807, 2.05) is 54.6 Å². The van der Waals surface area contributed by atoms with E-state index in [1.165, 1.54) is 6.20 Å². The molecule has 0 atom stereocenters. The van der Waals surface area contributed by atoms with Gasteiger partial charge in [-0.05, 0) is 72.2 Å². The van der Waals surface area contributed by atoms with Crippen molar-refractivity contribution < 1.29 is 15.7 Å². The first kappa shape index (κ1) is 14.5. The number of furan rings is 2. The average molecular weight is 425 g/mol. The Bertz CT molecular complexity index is 1840. The lowest BCUT2D eigenvalue weighted by molar-refractivity contribution is 0.410. The molecule has 0 spiro atoms. The molecule has 0 radical (unpaired) electrons. The van der Waals surface area contributed by atoms with Gasteiger partial charge >= 0.3 is 0 Å². The van der Waals surface area contributed by atoms with Gasteiger partial charge in [0.2, 0.25) is 0 Å². The van der Waals surface area contributed by atoms with Crippen LogP contribution in [0.15, 0.2) is 75.7 Å². The summed E-state index contributed by atoms with van der Waals surface area (Å²) in [6.07, 6.45) is -0.608. The molecular weight excluding hydrogens is 394 g/mol. The van der Waals surface area contributed by atoms with Gasteiger partial charge in [0.1, 0.15) is 22.3 Å². The van der Waals surface area contributed by atoms with Gasteiger partial charge in [-0.2, -0.15) is 0 Å². The highest BCUT2D eigenvalue weighted by molar-refractivity contribution is 6.25. The number of benzene rings is 3. The molecule has 3 heterocycles. The lowest BCUT2D eigenvalue weighted by atomic mass is 9.86. The van der Waals surface area contributed by atoms with Crippen LogP contribution in [-0.4, -0.2) is 4.98 Å². The smallest absolute Gasteiger partial charge is 0.136 e. The molecule has 158 valence electrons. The Morgan fingerprint density at radius 3 is 2.28 bits per heavy atom. The van der Waals surface area contributed by atoms with Crippen LogP contribution in [0.4, 0.5) is 0 Å². The third-order valence-corrected chi connectivity index (χ3v) is 5.68. The van der Waals surface area contributed by atoms with Crippen molar-refractivity contribution >= 4 is 43.9 Å². The number of rotatable bonds is 2. The summed E-state index contributed by atoms with van der Waals surface area (Å²) in [4.78, 5) is 4.47. The number of para-hydroxylation sites is 1. The highest BCUT2D eigenvalue weighted by Crippen LogP contribution is 2.40. The van der Waals surface area contributed by atoms with Gasteiger partial charge in [-0.25, -0.2) is 0 Å². The fourth-order valence-electron chi connectivity index (χ4n) is 4.36. The zero-order valence-corrected chi connectivity index (χ0v) is 18.1. The van der Waals surface area contributed by atoms with E-state index < -0.39 is 18.6 Å². The van der Waals surface area contributed by atoms with Crippen molar-refractivity contribution in [3.05, 3.63) is 78.0 Å². The quantitative estimate of drug-likeness (QED) is 0.280. The van der Waals surface area contributed by atoms with Crippen LogP contribution in [0.3, 0.4) is 0 Å². The van der Waals surface area contributed by atoms with Crippen LogP contribution >= 0.6 is 0 Å². The van der Waals surface area contributed by atoms with Crippen LogP contribution < -0.4 is 0 Å². The van der Waals surface area contributed by atoms with Crippen molar-refractivity contribution in [2.45, 2.75) is 34.0 Å². The van der Waals surface area contributed by atoms with Crippen LogP contribution in [0.2, 0.25) is 0 Å². The topological polar surface area (TPSA) is 39.2 Å². The predicted octanol–water partition coefficient (Wildman–Crippen LogP) is 8.44. The monoisotopic (exact) mass is 424 g/mol. The second kappa shape index (κ2) is 6.70. The maximum atomic E-state index is 8.83. The lowest BCUT2D eigenvalue weighted by Crippen LogP contribution is -2.10. The molecule has 0 N–H and O–H groups in total. The first-order chi connectivity index (χ1) is 17.4. The average Bonchev–Trinajstić information content (AvgIpc) is 3.39. The third kappa shape index (κ3) is 3.00. The largest absolute Gasteiger partial charge is 0.456 e. The van der Waals surface area contributed by atoms with E-state index in [9.17, 15) is 0 Å². The summed E-state index contributed by atoms with van der Waals surface area (Å²) in [6.45, 7) is 2.81. The van der Waals surface area contributed by atoms with Crippen molar-refractivity contribution in [1.82, 2.24) is 4.98 Å². The van der Waals surface area contributed by atoms with Crippen LogP contribution in [0.5, 0.6) is 0 Å². The van der Waals surface area contributed by atoms with Gasteiger partial charge in [-0.15, -0.1) is 0 Å². The standard InChI is InChI=1S/C29H25NO2/c1-17-16-30-22(14-19(17)15-29(2,3)4)18-9-10-24-21(13-18)28-26(32-24)12-11-25-27(28)20-7-5-6-8-23(20)31-25/h5-14,16H,15H2,1-4H3/i1D3,15D2. The Morgan fingerprint density at radius 2 is 1.53 bits per heavy atom. The summed E-state index contributed by atoms with van der Waals surface area (Å²) < 4.78 is 53.8. The van der Waals surface area contributed by atoms with Gasteiger partial charge in [0, 0.05) is 40.2 Å². The Labute approximate surface area is 193 Å². The first-order valence-corrected chi connectivity index (χ1v) is 10.6. The van der Waals surface area contributed by atoms with Crippen molar-refractivity contribution in [2.24, 2.45) is 5.41 Å². The zero-order valence-electron chi connectivity index (χ0n) is 23.1. The van der Waals surface area contributed by atoms with Crippen molar-refractivity contribution in [3.63, 3.8) is 0 Å². The van der Waals surface area contributed by atoms with E-state index in [2.05, 4.69) is 4.98 Å². The molecule has 3 aromatic heterocycles. The molecule has 0 aliphatic rings. The van der Waals surface area contributed by atoms with Crippen LogP contribution in [-0.2, 0) is 6.37 Å². The van der Waals surface area contributed by atoms with Crippen molar-refractivity contribution in [1.29, 1.82) is 0 Å². The van der Waals surface area contributed by atoms with Gasteiger partial charge in [0.25, 0.3) is 0 Å². The Hall–Kier alpha value is -3.59. The molecule has 32 heavy (non-hydrogen) atoms. The van der Waals surface area contributed by atoms with Gasteiger partial charge in [-0.3, -0.25) is 4.98 Å². The van der Waals surface area contributed by atoms with E-state index in [-0.39, 0.29) is 11.1 Å². The number of aromatic nitrogens is 1. The Morgan fingerprint density at radius 1 is 0.844 bits per heavy atom. The molecule has 0 unspecified atom stereocenters. The minimum absolute atomic E-state index is 0.0717. The normalized spacial score (nSPS) is 15.7.